The maximum Gasteiger partial charge on any atom is 0.136 e. The normalized spacial score (nSPS) is 20.5. The van der Waals surface area contributed by atoms with Gasteiger partial charge in [-0.1, -0.05) is 6.07 Å². The zero-order chi connectivity index (χ0) is 10.1. The van der Waals surface area contributed by atoms with E-state index in [1.807, 2.05) is 0 Å². The summed E-state index contributed by atoms with van der Waals surface area (Å²) in [5.74, 6) is -1.19. The molecule has 1 heterocycles. The molecule has 0 bridgehead atoms. The number of rotatable bonds is 1. The molecule has 1 aromatic rings. The number of benzene rings is 1. The van der Waals surface area contributed by atoms with Crippen molar-refractivity contribution in [3.05, 3.63) is 47.2 Å². The Kier molecular flexibility index (Phi) is 2.21. The summed E-state index contributed by atoms with van der Waals surface area (Å²) in [5, 5.41) is 0. The van der Waals surface area contributed by atoms with Crippen LogP contribution in [0.4, 0.5) is 8.78 Å². The largest absolute Gasteiger partial charge is 0.271 e. The van der Waals surface area contributed by atoms with E-state index in [1.165, 1.54) is 18.2 Å². The molecule has 1 aromatic carbocycles. The third kappa shape index (κ3) is 1.48. The van der Waals surface area contributed by atoms with Crippen LogP contribution in [0, 0.1) is 11.6 Å². The van der Waals surface area contributed by atoms with Gasteiger partial charge in [0.25, 0.3) is 0 Å². The van der Waals surface area contributed by atoms with Crippen molar-refractivity contribution in [3.8, 4) is 0 Å². The lowest BCUT2D eigenvalue weighted by molar-refractivity contribution is 0.0382. The first-order valence-corrected chi connectivity index (χ1v) is 4.22. The Morgan fingerprint density at radius 3 is 2.43 bits per heavy atom. The minimum Gasteiger partial charge on any atom is -0.271 e. The van der Waals surface area contributed by atoms with Crippen LogP contribution in [0.2, 0.25) is 0 Å². The standard InChI is InChI=1S/C10H9F2NO/c1-6-5-9(14-13-6)10-7(11)3-2-4-8(10)12/h2-5,9,13H,1H3/t9-/m1/s1. The van der Waals surface area contributed by atoms with E-state index < -0.39 is 17.7 Å². The summed E-state index contributed by atoms with van der Waals surface area (Å²) in [6, 6.07) is 3.75. The highest BCUT2D eigenvalue weighted by Gasteiger charge is 2.22. The number of nitrogens with one attached hydrogen (secondary N) is 1. The van der Waals surface area contributed by atoms with E-state index in [0.717, 1.165) is 5.70 Å². The molecule has 14 heavy (non-hydrogen) atoms. The highest BCUT2D eigenvalue weighted by molar-refractivity contribution is 5.27. The maximum absolute atomic E-state index is 13.3. The van der Waals surface area contributed by atoms with Gasteiger partial charge in [-0.2, -0.15) is 0 Å². The molecule has 1 atom stereocenters. The summed E-state index contributed by atoms with van der Waals surface area (Å²) >= 11 is 0. The van der Waals surface area contributed by atoms with E-state index in [1.54, 1.807) is 13.0 Å². The second-order valence-corrected chi connectivity index (χ2v) is 3.13. The summed E-state index contributed by atoms with van der Waals surface area (Å²) in [7, 11) is 0. The van der Waals surface area contributed by atoms with Gasteiger partial charge in [0.1, 0.15) is 17.7 Å². The van der Waals surface area contributed by atoms with Crippen molar-refractivity contribution >= 4 is 0 Å². The van der Waals surface area contributed by atoms with Crippen LogP contribution in [0.3, 0.4) is 0 Å². The second kappa shape index (κ2) is 3.38. The van der Waals surface area contributed by atoms with Crippen molar-refractivity contribution in [2.45, 2.75) is 13.0 Å². The predicted molar refractivity (Wildman–Crippen MR) is 47.1 cm³/mol. The van der Waals surface area contributed by atoms with Crippen molar-refractivity contribution in [2.75, 3.05) is 0 Å². The lowest BCUT2D eigenvalue weighted by Crippen LogP contribution is -2.09. The molecule has 1 N–H and O–H groups in total. The Morgan fingerprint density at radius 2 is 1.93 bits per heavy atom. The molecule has 0 aromatic heterocycles. The van der Waals surface area contributed by atoms with Crippen LogP contribution < -0.4 is 5.48 Å². The van der Waals surface area contributed by atoms with Gasteiger partial charge in [0.2, 0.25) is 0 Å². The molecule has 0 amide bonds. The first-order chi connectivity index (χ1) is 6.68. The molecule has 1 aliphatic rings. The average molecular weight is 197 g/mol. The zero-order valence-electron chi connectivity index (χ0n) is 7.55. The molecule has 0 saturated carbocycles. The number of hydroxylamine groups is 1. The van der Waals surface area contributed by atoms with Gasteiger partial charge in [-0.3, -0.25) is 10.3 Å². The SMILES string of the molecule is CC1=C[C@H](c2c(F)cccc2F)ON1. The van der Waals surface area contributed by atoms with Crippen LogP contribution in [-0.4, -0.2) is 0 Å². The molecular weight excluding hydrogens is 188 g/mol. The quantitative estimate of drug-likeness (QED) is 0.746. The average Bonchev–Trinajstić information content (AvgIpc) is 2.51. The van der Waals surface area contributed by atoms with Crippen molar-refractivity contribution in [1.82, 2.24) is 5.48 Å². The summed E-state index contributed by atoms with van der Waals surface area (Å²) in [6.45, 7) is 1.76. The van der Waals surface area contributed by atoms with Crippen molar-refractivity contribution in [3.63, 3.8) is 0 Å². The Balaban J connectivity index is 2.41. The van der Waals surface area contributed by atoms with Crippen LogP contribution in [0.1, 0.15) is 18.6 Å². The predicted octanol–water partition coefficient (Wildman–Crippen LogP) is 2.44. The molecule has 2 rings (SSSR count). The highest BCUT2D eigenvalue weighted by atomic mass is 19.1. The Labute approximate surface area is 80.1 Å². The summed E-state index contributed by atoms with van der Waals surface area (Å²) < 4.78 is 26.5. The number of hydrogen-bond donors (Lipinski definition) is 1. The van der Waals surface area contributed by atoms with Crippen molar-refractivity contribution in [2.24, 2.45) is 0 Å². The number of halogens is 2. The number of allylic oxidation sites excluding steroid dienone is 1. The fourth-order valence-corrected chi connectivity index (χ4v) is 1.38. The third-order valence-electron chi connectivity index (χ3n) is 2.03. The van der Waals surface area contributed by atoms with E-state index in [2.05, 4.69) is 5.48 Å². The van der Waals surface area contributed by atoms with Crippen LogP contribution in [0.15, 0.2) is 30.0 Å². The lowest BCUT2D eigenvalue weighted by atomic mass is 10.1. The number of hydrogen-bond acceptors (Lipinski definition) is 2. The zero-order valence-corrected chi connectivity index (χ0v) is 7.55. The van der Waals surface area contributed by atoms with E-state index in [4.69, 9.17) is 4.84 Å². The summed E-state index contributed by atoms with van der Waals surface area (Å²) in [5.41, 5.74) is 3.24. The topological polar surface area (TPSA) is 21.3 Å². The van der Waals surface area contributed by atoms with Crippen molar-refractivity contribution in [1.29, 1.82) is 0 Å². The van der Waals surface area contributed by atoms with Crippen LogP contribution in [-0.2, 0) is 4.84 Å². The molecule has 0 radical (unpaired) electrons. The minimum atomic E-state index is -0.684. The Hall–Kier alpha value is -1.42. The van der Waals surface area contributed by atoms with E-state index >= 15 is 0 Å². The van der Waals surface area contributed by atoms with Gasteiger partial charge in [-0.25, -0.2) is 8.78 Å². The van der Waals surface area contributed by atoms with Gasteiger partial charge < -0.3 is 0 Å². The fourth-order valence-electron chi connectivity index (χ4n) is 1.38. The van der Waals surface area contributed by atoms with Gasteiger partial charge in [-0.15, -0.1) is 0 Å². The molecule has 0 saturated heterocycles. The second-order valence-electron chi connectivity index (χ2n) is 3.13. The van der Waals surface area contributed by atoms with E-state index in [0.29, 0.717) is 0 Å². The molecule has 0 spiro atoms. The van der Waals surface area contributed by atoms with Gasteiger partial charge in [-0.05, 0) is 25.1 Å². The van der Waals surface area contributed by atoms with Crippen LogP contribution in [0.25, 0.3) is 0 Å². The fraction of sp³-hybridized carbons (Fsp3) is 0.200. The molecule has 74 valence electrons. The van der Waals surface area contributed by atoms with Gasteiger partial charge in [0.15, 0.2) is 0 Å². The smallest absolute Gasteiger partial charge is 0.136 e. The first kappa shape index (κ1) is 9.15. The minimum absolute atomic E-state index is 0.0585. The molecule has 0 aliphatic carbocycles. The van der Waals surface area contributed by atoms with Crippen molar-refractivity contribution < 1.29 is 13.6 Å². The molecule has 1 aliphatic heterocycles. The van der Waals surface area contributed by atoms with Gasteiger partial charge in [0.05, 0.1) is 5.56 Å². The molecular formula is C10H9F2NO. The van der Waals surface area contributed by atoms with Gasteiger partial charge >= 0.3 is 0 Å². The van der Waals surface area contributed by atoms with E-state index in [-0.39, 0.29) is 5.56 Å². The summed E-state index contributed by atoms with van der Waals surface area (Å²) in [6.07, 6.45) is 0.942. The summed E-state index contributed by atoms with van der Waals surface area (Å²) in [4.78, 5) is 4.99. The maximum atomic E-state index is 13.3. The Morgan fingerprint density at radius 1 is 1.29 bits per heavy atom. The molecule has 0 unspecified atom stereocenters. The molecule has 2 nitrogen and oxygen atoms in total. The lowest BCUT2D eigenvalue weighted by Gasteiger charge is -2.09. The Bertz CT molecular complexity index is 369. The van der Waals surface area contributed by atoms with Gasteiger partial charge in [0, 0.05) is 5.70 Å². The monoisotopic (exact) mass is 197 g/mol. The van der Waals surface area contributed by atoms with Crippen LogP contribution in [0.5, 0.6) is 0 Å². The molecule has 0 fully saturated rings. The highest BCUT2D eigenvalue weighted by Crippen LogP contribution is 2.27. The third-order valence-corrected chi connectivity index (χ3v) is 2.03. The van der Waals surface area contributed by atoms with E-state index in [9.17, 15) is 8.78 Å². The first-order valence-electron chi connectivity index (χ1n) is 4.22. The van der Waals surface area contributed by atoms with Crippen LogP contribution >= 0.6 is 0 Å². The molecule has 4 heteroatoms.